The number of benzene rings is 1. The largest absolute Gasteiger partial charge is 0.468 e. The molecule has 1 aliphatic heterocycles. The summed E-state index contributed by atoms with van der Waals surface area (Å²) in [6.07, 6.45) is 1.60. The van der Waals surface area contributed by atoms with Gasteiger partial charge in [0.1, 0.15) is 6.54 Å². The summed E-state index contributed by atoms with van der Waals surface area (Å²) in [5.41, 5.74) is 3.12. The number of nitro benzene ring substituents is 1. The molecule has 9 nitrogen and oxygen atoms in total. The first-order valence-corrected chi connectivity index (χ1v) is 9.30. The van der Waals surface area contributed by atoms with Crippen molar-refractivity contribution in [2.45, 2.75) is 13.8 Å². The van der Waals surface area contributed by atoms with Gasteiger partial charge in [0, 0.05) is 29.2 Å². The number of imide groups is 1. The number of nitrogens with zero attached hydrogens (tertiary/aromatic N) is 3. The summed E-state index contributed by atoms with van der Waals surface area (Å²) in [6, 6.07) is 7.99. The zero-order chi connectivity index (χ0) is 21.3. The van der Waals surface area contributed by atoms with Crippen LogP contribution in [0.1, 0.15) is 17.0 Å². The molecule has 2 aromatic rings. The second-order valence-electron chi connectivity index (χ2n) is 6.28. The van der Waals surface area contributed by atoms with Gasteiger partial charge in [0.05, 0.1) is 16.9 Å². The number of thioether (sulfide) groups is 1. The van der Waals surface area contributed by atoms with Crippen molar-refractivity contribution in [3.05, 3.63) is 62.3 Å². The van der Waals surface area contributed by atoms with Crippen molar-refractivity contribution in [3.63, 3.8) is 0 Å². The van der Waals surface area contributed by atoms with E-state index in [2.05, 4.69) is 4.74 Å². The van der Waals surface area contributed by atoms with Crippen LogP contribution in [0, 0.1) is 24.0 Å². The van der Waals surface area contributed by atoms with Gasteiger partial charge >= 0.3 is 5.97 Å². The second-order valence-corrected chi connectivity index (χ2v) is 7.27. The molecule has 0 atom stereocenters. The first-order valence-electron chi connectivity index (χ1n) is 8.49. The summed E-state index contributed by atoms with van der Waals surface area (Å²) in [7, 11) is 1.18. The van der Waals surface area contributed by atoms with Gasteiger partial charge in [-0.25, -0.2) is 0 Å². The summed E-state index contributed by atoms with van der Waals surface area (Å²) < 4.78 is 6.41. The molecule has 150 valence electrons. The van der Waals surface area contributed by atoms with E-state index in [9.17, 15) is 24.5 Å². The highest BCUT2D eigenvalue weighted by molar-refractivity contribution is 8.18. The van der Waals surface area contributed by atoms with Crippen molar-refractivity contribution in [1.29, 1.82) is 0 Å². The van der Waals surface area contributed by atoms with Crippen LogP contribution >= 0.6 is 11.8 Å². The molecule has 3 rings (SSSR count). The van der Waals surface area contributed by atoms with E-state index in [4.69, 9.17) is 0 Å². The lowest BCUT2D eigenvalue weighted by Crippen LogP contribution is -2.34. The lowest BCUT2D eigenvalue weighted by atomic mass is 10.2. The standard InChI is InChI=1S/C19H17N3O6S/c1-11-8-13(9-16-18(24)20(19(25)29-16)10-17(23)28-3)12(2)21(11)14-4-6-15(7-5-14)22(26)27/h4-9H,10H2,1-3H3. The number of rotatable bonds is 5. The molecule has 2 amide bonds. The minimum atomic E-state index is -0.676. The first kappa shape index (κ1) is 20.3. The molecule has 0 N–H and O–H groups in total. The Labute approximate surface area is 170 Å². The Kier molecular flexibility index (Phi) is 5.55. The maximum absolute atomic E-state index is 12.5. The molecule has 1 aromatic carbocycles. The number of methoxy groups -OCH3 is 1. The third kappa shape index (κ3) is 3.92. The Morgan fingerprint density at radius 3 is 2.48 bits per heavy atom. The Hall–Kier alpha value is -3.40. The summed E-state index contributed by atoms with van der Waals surface area (Å²) >= 11 is 0.760. The highest BCUT2D eigenvalue weighted by Gasteiger charge is 2.36. The van der Waals surface area contributed by atoms with Crippen molar-refractivity contribution in [2.75, 3.05) is 13.7 Å². The fraction of sp³-hybridized carbons (Fsp3) is 0.211. The minimum Gasteiger partial charge on any atom is -0.468 e. The minimum absolute atomic E-state index is 0.00397. The number of aryl methyl sites for hydroxylation is 1. The van der Waals surface area contributed by atoms with Gasteiger partial charge in [-0.3, -0.25) is 29.4 Å². The van der Waals surface area contributed by atoms with Gasteiger partial charge in [-0.1, -0.05) is 0 Å². The van der Waals surface area contributed by atoms with Crippen LogP contribution in [-0.2, 0) is 14.3 Å². The number of hydrogen-bond donors (Lipinski definition) is 0. The Balaban J connectivity index is 1.92. The van der Waals surface area contributed by atoms with Crippen LogP contribution in [0.3, 0.4) is 0 Å². The van der Waals surface area contributed by atoms with Crippen molar-refractivity contribution in [2.24, 2.45) is 0 Å². The lowest BCUT2D eigenvalue weighted by Gasteiger charge is -2.10. The fourth-order valence-electron chi connectivity index (χ4n) is 3.03. The number of ether oxygens (including phenoxy) is 1. The van der Waals surface area contributed by atoms with Gasteiger partial charge in [-0.2, -0.15) is 0 Å². The van der Waals surface area contributed by atoms with Crippen LogP contribution in [0.5, 0.6) is 0 Å². The number of esters is 1. The third-order valence-electron chi connectivity index (χ3n) is 4.46. The van der Waals surface area contributed by atoms with Crippen molar-refractivity contribution in [1.82, 2.24) is 9.47 Å². The molecule has 29 heavy (non-hydrogen) atoms. The van der Waals surface area contributed by atoms with E-state index in [0.29, 0.717) is 0 Å². The molecule has 1 aromatic heterocycles. The molecule has 0 spiro atoms. The molecule has 0 bridgehead atoms. The maximum Gasteiger partial charge on any atom is 0.325 e. The SMILES string of the molecule is COC(=O)CN1C(=O)SC(=Cc2cc(C)n(-c3ccc([N+](=O)[O-])cc3)c2C)C1=O. The Morgan fingerprint density at radius 2 is 1.90 bits per heavy atom. The van der Waals surface area contributed by atoms with Gasteiger partial charge in [-0.05, 0) is 55.4 Å². The first-order chi connectivity index (χ1) is 13.7. The third-order valence-corrected chi connectivity index (χ3v) is 5.37. The number of nitro groups is 1. The van der Waals surface area contributed by atoms with Crippen LogP contribution in [0.15, 0.2) is 35.2 Å². The summed E-state index contributed by atoms with van der Waals surface area (Å²) in [4.78, 5) is 47.4. The Bertz CT molecular complexity index is 1050. The van der Waals surface area contributed by atoms with E-state index in [-0.39, 0.29) is 10.6 Å². The van der Waals surface area contributed by atoms with Gasteiger partial charge in [0.2, 0.25) is 0 Å². The van der Waals surface area contributed by atoms with Crippen LogP contribution in [0.4, 0.5) is 10.5 Å². The van der Waals surface area contributed by atoms with Crippen LogP contribution in [-0.4, -0.2) is 45.2 Å². The van der Waals surface area contributed by atoms with Crippen molar-refractivity contribution in [3.8, 4) is 5.69 Å². The van der Waals surface area contributed by atoms with Gasteiger partial charge in [0.25, 0.3) is 16.8 Å². The van der Waals surface area contributed by atoms with Crippen LogP contribution < -0.4 is 0 Å². The quantitative estimate of drug-likeness (QED) is 0.319. The van der Waals surface area contributed by atoms with E-state index in [1.165, 1.54) is 19.2 Å². The number of aromatic nitrogens is 1. The average Bonchev–Trinajstić information content (AvgIpc) is 3.11. The van der Waals surface area contributed by atoms with Crippen molar-refractivity contribution < 1.29 is 24.0 Å². The molecule has 0 radical (unpaired) electrons. The monoisotopic (exact) mass is 415 g/mol. The zero-order valence-corrected chi connectivity index (χ0v) is 16.7. The molecule has 1 saturated heterocycles. The summed E-state index contributed by atoms with van der Waals surface area (Å²) in [5.74, 6) is -1.23. The number of non-ortho nitro benzene ring substituents is 1. The van der Waals surface area contributed by atoms with E-state index >= 15 is 0 Å². The molecule has 10 heteroatoms. The molecule has 0 saturated carbocycles. The van der Waals surface area contributed by atoms with Crippen LogP contribution in [0.2, 0.25) is 0 Å². The topological polar surface area (TPSA) is 112 Å². The summed E-state index contributed by atoms with van der Waals surface area (Å²) in [5, 5.41) is 10.3. The van der Waals surface area contributed by atoms with Gasteiger partial charge in [0.15, 0.2) is 0 Å². The van der Waals surface area contributed by atoms with Crippen molar-refractivity contribution >= 4 is 40.6 Å². The predicted octanol–water partition coefficient (Wildman–Crippen LogP) is 3.21. The highest BCUT2D eigenvalue weighted by Crippen LogP contribution is 2.33. The molecular weight excluding hydrogens is 398 g/mol. The lowest BCUT2D eigenvalue weighted by molar-refractivity contribution is -0.384. The molecule has 0 aliphatic carbocycles. The molecular formula is C19H17N3O6S. The van der Waals surface area contributed by atoms with Gasteiger partial charge in [-0.15, -0.1) is 0 Å². The van der Waals surface area contributed by atoms with E-state index in [0.717, 1.165) is 39.3 Å². The van der Waals surface area contributed by atoms with E-state index in [1.54, 1.807) is 18.2 Å². The summed E-state index contributed by atoms with van der Waals surface area (Å²) in [6.45, 7) is 3.29. The molecule has 0 unspecified atom stereocenters. The average molecular weight is 415 g/mol. The van der Waals surface area contributed by atoms with Gasteiger partial charge < -0.3 is 9.30 Å². The highest BCUT2D eigenvalue weighted by atomic mass is 32.2. The second kappa shape index (κ2) is 7.92. The van der Waals surface area contributed by atoms with Crippen LogP contribution in [0.25, 0.3) is 11.8 Å². The maximum atomic E-state index is 12.5. The number of carbonyl (C=O) groups excluding carboxylic acids is 3. The molecule has 1 aliphatic rings. The predicted molar refractivity (Wildman–Crippen MR) is 107 cm³/mol. The zero-order valence-electron chi connectivity index (χ0n) is 15.9. The molecule has 2 heterocycles. The Morgan fingerprint density at radius 1 is 1.24 bits per heavy atom. The van der Waals surface area contributed by atoms with E-state index < -0.39 is 28.6 Å². The smallest absolute Gasteiger partial charge is 0.325 e. The number of hydrogen-bond acceptors (Lipinski definition) is 7. The fourth-order valence-corrected chi connectivity index (χ4v) is 3.85. The molecule has 1 fully saturated rings. The number of carbonyl (C=O) groups is 3. The van der Waals surface area contributed by atoms with E-state index in [1.807, 2.05) is 24.5 Å². The number of amides is 2. The normalized spacial score (nSPS) is 15.3.